The first kappa shape index (κ1) is 9.38. The number of benzene rings is 1. The first-order valence-electron chi connectivity index (χ1n) is 4.02. The average Bonchev–Trinajstić information content (AvgIpc) is 2.51. The predicted octanol–water partition coefficient (Wildman–Crippen LogP) is 2.96. The van der Waals surface area contributed by atoms with Crippen molar-refractivity contribution >= 4 is 34.1 Å². The zero-order valence-corrected chi connectivity index (χ0v) is 8.90. The van der Waals surface area contributed by atoms with Crippen LogP contribution in [0.2, 0.25) is 0 Å². The van der Waals surface area contributed by atoms with Crippen LogP contribution in [0.3, 0.4) is 0 Å². The van der Waals surface area contributed by atoms with Crippen molar-refractivity contribution in [3.63, 3.8) is 0 Å². The number of hydrogen-bond donors (Lipinski definition) is 2. The number of nitrogens with zero attached hydrogens (tertiary/aromatic N) is 1. The predicted molar refractivity (Wildman–Crippen MR) is 60.1 cm³/mol. The topological polar surface area (TPSA) is 44.0 Å². The largest absolute Gasteiger partial charge is 0.508 e. The molecule has 0 spiro atoms. The van der Waals surface area contributed by atoms with Crippen LogP contribution in [-0.2, 0) is 6.42 Å². The number of phenols is 1. The summed E-state index contributed by atoms with van der Waals surface area (Å²) < 4.78 is 1.85. The molecular weight excluding hydrogens is 214 g/mol. The molecule has 1 aromatic carbocycles. The van der Waals surface area contributed by atoms with Gasteiger partial charge in [0.15, 0.2) is 0 Å². The van der Waals surface area contributed by atoms with Gasteiger partial charge in [0, 0.05) is 10.3 Å². The van der Waals surface area contributed by atoms with E-state index in [4.69, 9.17) is 5.26 Å². The second kappa shape index (κ2) is 3.52. The Bertz CT molecular complexity index is 525. The molecule has 0 aliphatic carbocycles. The number of nitriles is 1. The average molecular weight is 221 g/mol. The molecule has 1 heterocycles. The molecule has 0 saturated heterocycles. The summed E-state index contributed by atoms with van der Waals surface area (Å²) in [5.74, 6) is 0.189. The van der Waals surface area contributed by atoms with Crippen molar-refractivity contribution < 1.29 is 5.11 Å². The van der Waals surface area contributed by atoms with Gasteiger partial charge in [0.25, 0.3) is 0 Å². The number of rotatable bonds is 1. The van der Waals surface area contributed by atoms with E-state index >= 15 is 0 Å². The minimum atomic E-state index is 0.189. The Labute approximate surface area is 90.8 Å². The highest BCUT2D eigenvalue weighted by Gasteiger charge is 2.09. The minimum Gasteiger partial charge on any atom is -0.508 e. The third-order valence-corrected chi connectivity index (χ3v) is 3.42. The second-order valence-corrected chi connectivity index (χ2v) is 4.74. The number of fused-ring (bicyclic) bond motifs is 1. The van der Waals surface area contributed by atoms with Crippen LogP contribution in [0.1, 0.15) is 5.56 Å². The molecule has 0 aliphatic heterocycles. The van der Waals surface area contributed by atoms with Gasteiger partial charge in [-0.05, 0) is 23.6 Å². The lowest BCUT2D eigenvalue weighted by Gasteiger charge is -2.00. The molecule has 0 radical (unpaired) electrons. The molecule has 0 atom stereocenters. The Morgan fingerprint density at radius 3 is 3.00 bits per heavy atom. The highest BCUT2D eigenvalue weighted by Crippen LogP contribution is 2.35. The van der Waals surface area contributed by atoms with Crippen molar-refractivity contribution in [1.82, 2.24) is 0 Å². The lowest BCUT2D eigenvalue weighted by atomic mass is 10.1. The van der Waals surface area contributed by atoms with E-state index in [0.29, 0.717) is 5.56 Å². The van der Waals surface area contributed by atoms with Crippen molar-refractivity contribution in [2.75, 3.05) is 0 Å². The molecule has 2 nitrogen and oxygen atoms in total. The number of thiol groups is 1. The van der Waals surface area contributed by atoms with Crippen molar-refractivity contribution in [2.24, 2.45) is 0 Å². The van der Waals surface area contributed by atoms with Gasteiger partial charge < -0.3 is 5.11 Å². The zero-order valence-electron chi connectivity index (χ0n) is 7.19. The van der Waals surface area contributed by atoms with Crippen molar-refractivity contribution in [2.45, 2.75) is 10.6 Å². The van der Waals surface area contributed by atoms with Gasteiger partial charge in [0.1, 0.15) is 5.75 Å². The smallest absolute Gasteiger partial charge is 0.121 e. The molecule has 0 amide bonds. The van der Waals surface area contributed by atoms with Crippen LogP contribution in [0.15, 0.2) is 22.4 Å². The summed E-state index contributed by atoms with van der Waals surface area (Å²) in [6.45, 7) is 0. The van der Waals surface area contributed by atoms with Crippen molar-refractivity contribution in [1.29, 1.82) is 5.26 Å². The van der Waals surface area contributed by atoms with Crippen LogP contribution in [0.4, 0.5) is 0 Å². The summed E-state index contributed by atoms with van der Waals surface area (Å²) in [5, 5.41) is 19.2. The molecule has 0 aliphatic rings. The highest BCUT2D eigenvalue weighted by molar-refractivity contribution is 7.83. The Balaban J connectivity index is 2.76. The quantitative estimate of drug-likeness (QED) is 0.727. The van der Waals surface area contributed by atoms with Crippen molar-refractivity contribution in [3.8, 4) is 11.8 Å². The monoisotopic (exact) mass is 221 g/mol. The molecule has 0 bridgehead atoms. The Morgan fingerprint density at radius 1 is 1.50 bits per heavy atom. The summed E-state index contributed by atoms with van der Waals surface area (Å²) in [6.07, 6.45) is 0.233. The molecule has 0 unspecified atom stereocenters. The van der Waals surface area contributed by atoms with Crippen LogP contribution in [0.25, 0.3) is 10.1 Å². The molecule has 1 N–H and O–H groups in total. The zero-order chi connectivity index (χ0) is 10.1. The first-order chi connectivity index (χ1) is 6.72. The summed E-state index contributed by atoms with van der Waals surface area (Å²) in [4.78, 5) is 0. The maximum absolute atomic E-state index is 9.58. The number of phenolic OH excluding ortho intramolecular Hbond substituents is 1. The molecule has 4 heteroatoms. The van der Waals surface area contributed by atoms with E-state index in [1.807, 2.05) is 18.2 Å². The molecule has 14 heavy (non-hydrogen) atoms. The van der Waals surface area contributed by atoms with E-state index in [-0.39, 0.29) is 12.2 Å². The number of aromatic hydroxyl groups is 1. The molecule has 0 fully saturated rings. The Morgan fingerprint density at radius 2 is 2.29 bits per heavy atom. The lowest BCUT2D eigenvalue weighted by molar-refractivity contribution is 0.471. The normalized spacial score (nSPS) is 10.3. The van der Waals surface area contributed by atoms with Crippen LogP contribution in [-0.4, -0.2) is 5.11 Å². The van der Waals surface area contributed by atoms with Gasteiger partial charge in [-0.1, -0.05) is 0 Å². The third kappa shape index (κ3) is 1.45. The van der Waals surface area contributed by atoms with Gasteiger partial charge in [0.2, 0.25) is 0 Å². The fourth-order valence-corrected chi connectivity index (χ4v) is 2.74. The molecule has 1 aromatic heterocycles. The molecule has 2 aromatic rings. The second-order valence-electron chi connectivity index (χ2n) is 2.90. The SMILES string of the molecule is N#CCc1c(O)ccc2cc(S)sc12. The van der Waals surface area contributed by atoms with Crippen LogP contribution in [0, 0.1) is 11.3 Å². The maximum Gasteiger partial charge on any atom is 0.121 e. The molecule has 0 saturated carbocycles. The summed E-state index contributed by atoms with van der Waals surface area (Å²) in [6, 6.07) is 7.44. The standard InChI is InChI=1S/C10H7NOS2/c11-4-3-7-8(12)2-1-6-5-9(13)14-10(6)7/h1-2,5,12-13H,3H2. The van der Waals surface area contributed by atoms with E-state index in [1.54, 1.807) is 6.07 Å². The number of hydrogen-bond acceptors (Lipinski definition) is 4. The Hall–Kier alpha value is -1.18. The highest BCUT2D eigenvalue weighted by atomic mass is 32.2. The Kier molecular flexibility index (Phi) is 2.36. The molecule has 70 valence electrons. The third-order valence-electron chi connectivity index (χ3n) is 2.01. The van der Waals surface area contributed by atoms with Gasteiger partial charge in [0.05, 0.1) is 16.7 Å². The lowest BCUT2D eigenvalue weighted by Crippen LogP contribution is -1.82. The maximum atomic E-state index is 9.58. The van der Waals surface area contributed by atoms with E-state index in [1.165, 1.54) is 11.3 Å². The van der Waals surface area contributed by atoms with E-state index in [0.717, 1.165) is 14.3 Å². The van der Waals surface area contributed by atoms with E-state index in [2.05, 4.69) is 12.6 Å². The first-order valence-corrected chi connectivity index (χ1v) is 5.29. The van der Waals surface area contributed by atoms with E-state index < -0.39 is 0 Å². The van der Waals surface area contributed by atoms with Crippen LogP contribution in [0.5, 0.6) is 5.75 Å². The van der Waals surface area contributed by atoms with Crippen molar-refractivity contribution in [3.05, 3.63) is 23.8 Å². The van der Waals surface area contributed by atoms with Gasteiger partial charge in [-0.15, -0.1) is 24.0 Å². The summed E-state index contributed by atoms with van der Waals surface area (Å²) >= 11 is 5.73. The molecular formula is C10H7NOS2. The fraction of sp³-hybridized carbons (Fsp3) is 0.100. The molecule has 2 rings (SSSR count). The minimum absolute atomic E-state index is 0.189. The van der Waals surface area contributed by atoms with Crippen LogP contribution >= 0.6 is 24.0 Å². The van der Waals surface area contributed by atoms with Gasteiger partial charge in [-0.25, -0.2) is 0 Å². The van der Waals surface area contributed by atoms with E-state index in [9.17, 15) is 5.11 Å². The van der Waals surface area contributed by atoms with Gasteiger partial charge in [-0.3, -0.25) is 0 Å². The van der Waals surface area contributed by atoms with Gasteiger partial charge in [-0.2, -0.15) is 5.26 Å². The summed E-state index contributed by atoms with van der Waals surface area (Å²) in [7, 11) is 0. The fourth-order valence-electron chi connectivity index (χ4n) is 1.39. The summed E-state index contributed by atoms with van der Waals surface area (Å²) in [5.41, 5.74) is 0.704. The van der Waals surface area contributed by atoms with Gasteiger partial charge >= 0.3 is 0 Å². The van der Waals surface area contributed by atoms with Crippen LogP contribution < -0.4 is 0 Å². The number of thiophene rings is 1.